The lowest BCUT2D eigenvalue weighted by molar-refractivity contribution is -0.123. The Hall–Kier alpha value is -2.19. The molecule has 1 amide bonds. The molecule has 1 saturated carbocycles. The number of fused-ring (bicyclic) bond motifs is 1. The molecule has 0 bridgehead atoms. The molecule has 1 aliphatic heterocycles. The second-order valence-electron chi connectivity index (χ2n) is 7.80. The average Bonchev–Trinajstić information content (AvgIpc) is 3.19. The van der Waals surface area contributed by atoms with Gasteiger partial charge in [-0.3, -0.25) is 4.79 Å². The zero-order valence-corrected chi connectivity index (χ0v) is 17.9. The Balaban J connectivity index is 1.51. The van der Waals surface area contributed by atoms with Crippen LogP contribution in [0.4, 0.5) is 5.82 Å². The summed E-state index contributed by atoms with van der Waals surface area (Å²) in [7, 11) is 0. The zero-order chi connectivity index (χ0) is 20.4. The highest BCUT2D eigenvalue weighted by Gasteiger charge is 2.26. The molecule has 0 spiro atoms. The molecule has 0 radical (unpaired) electrons. The van der Waals surface area contributed by atoms with E-state index >= 15 is 0 Å². The third-order valence-corrected chi connectivity index (χ3v) is 5.88. The number of carbonyl (C=O) groups is 1. The van der Waals surface area contributed by atoms with Crippen LogP contribution in [0.3, 0.4) is 0 Å². The highest BCUT2D eigenvalue weighted by molar-refractivity contribution is 7.80. The standard InChI is InChI=1S/C20H25ClN6OS/c1-11-8-16(26-20(29)23-11)19(28)22-10-17-25-15-7-6-12(21)9-14(15)18(27-17)24-13-4-2-3-5-13/h6-7,9,11,13,16H,2-5,8,10H2,1H3,(H,22,28)(H2,23,26,29)(H,24,25,27)/t11-,16+/m1/s1. The number of nitrogens with zero attached hydrogens (tertiary/aromatic N) is 2. The number of aromatic nitrogens is 2. The Morgan fingerprint density at radius 3 is 2.83 bits per heavy atom. The molecule has 4 N–H and O–H groups in total. The third kappa shape index (κ3) is 4.87. The van der Waals surface area contributed by atoms with E-state index in [-0.39, 0.29) is 24.5 Å². The second kappa shape index (κ2) is 8.67. The predicted molar refractivity (Wildman–Crippen MR) is 119 cm³/mol. The molecule has 0 unspecified atom stereocenters. The van der Waals surface area contributed by atoms with Crippen molar-refractivity contribution in [2.75, 3.05) is 5.32 Å². The van der Waals surface area contributed by atoms with E-state index in [1.54, 1.807) is 0 Å². The molecule has 2 atom stereocenters. The normalized spacial score (nSPS) is 22.2. The van der Waals surface area contributed by atoms with Crippen LogP contribution in [0.2, 0.25) is 5.02 Å². The van der Waals surface area contributed by atoms with Crippen molar-refractivity contribution in [3.8, 4) is 0 Å². The van der Waals surface area contributed by atoms with Crippen molar-refractivity contribution >= 4 is 51.6 Å². The summed E-state index contributed by atoms with van der Waals surface area (Å²) in [6.07, 6.45) is 5.40. The molecule has 1 saturated heterocycles. The molecular formula is C20H25ClN6OS. The fourth-order valence-electron chi connectivity index (χ4n) is 3.96. The number of halogens is 1. The SMILES string of the molecule is C[C@@H]1C[C@@H](C(=O)NCc2nc(NC3CCCC3)c3cc(Cl)ccc3n2)NC(=S)N1. The molecule has 4 rings (SSSR count). The first kappa shape index (κ1) is 20.1. The van der Waals surface area contributed by atoms with E-state index in [1.165, 1.54) is 12.8 Å². The van der Waals surface area contributed by atoms with Gasteiger partial charge in [-0.2, -0.15) is 0 Å². The van der Waals surface area contributed by atoms with Gasteiger partial charge in [-0.05, 0) is 56.6 Å². The number of amides is 1. The Labute approximate surface area is 180 Å². The van der Waals surface area contributed by atoms with Crippen molar-refractivity contribution in [2.45, 2.75) is 63.7 Å². The van der Waals surface area contributed by atoms with Crippen molar-refractivity contribution in [2.24, 2.45) is 0 Å². The summed E-state index contributed by atoms with van der Waals surface area (Å²) >= 11 is 11.4. The van der Waals surface area contributed by atoms with Gasteiger partial charge in [0.2, 0.25) is 5.91 Å². The second-order valence-corrected chi connectivity index (χ2v) is 8.65. The summed E-state index contributed by atoms with van der Waals surface area (Å²) in [6.45, 7) is 2.26. The van der Waals surface area contributed by atoms with Gasteiger partial charge >= 0.3 is 0 Å². The summed E-state index contributed by atoms with van der Waals surface area (Å²) in [6, 6.07) is 5.81. The van der Waals surface area contributed by atoms with Crippen molar-refractivity contribution < 1.29 is 4.79 Å². The molecule has 2 fully saturated rings. The van der Waals surface area contributed by atoms with Gasteiger partial charge in [-0.1, -0.05) is 24.4 Å². The summed E-state index contributed by atoms with van der Waals surface area (Å²) in [4.78, 5) is 21.9. The smallest absolute Gasteiger partial charge is 0.243 e. The number of nitrogens with one attached hydrogen (secondary N) is 4. The van der Waals surface area contributed by atoms with Crippen molar-refractivity contribution in [3.05, 3.63) is 29.0 Å². The minimum absolute atomic E-state index is 0.106. The van der Waals surface area contributed by atoms with E-state index in [2.05, 4.69) is 26.3 Å². The molecule has 1 aliphatic carbocycles. The van der Waals surface area contributed by atoms with Crippen LogP contribution in [0.5, 0.6) is 0 Å². The molecule has 1 aromatic heterocycles. The molecule has 7 nitrogen and oxygen atoms in total. The summed E-state index contributed by atoms with van der Waals surface area (Å²) in [5.74, 6) is 1.24. The van der Waals surface area contributed by atoms with E-state index in [0.717, 1.165) is 29.6 Å². The van der Waals surface area contributed by atoms with Crippen LogP contribution in [0, 0.1) is 0 Å². The van der Waals surface area contributed by atoms with Gasteiger partial charge in [0.15, 0.2) is 10.9 Å². The molecule has 2 aromatic rings. The minimum atomic E-state index is -0.353. The first-order chi connectivity index (χ1) is 14.0. The van der Waals surface area contributed by atoms with Crippen LogP contribution in [0.25, 0.3) is 10.9 Å². The fourth-order valence-corrected chi connectivity index (χ4v) is 4.47. The number of benzene rings is 1. The van der Waals surface area contributed by atoms with Gasteiger partial charge in [0.05, 0.1) is 12.1 Å². The predicted octanol–water partition coefficient (Wildman–Crippen LogP) is 2.88. The zero-order valence-electron chi connectivity index (χ0n) is 16.3. The minimum Gasteiger partial charge on any atom is -0.367 e. The van der Waals surface area contributed by atoms with Crippen LogP contribution in [-0.4, -0.2) is 39.1 Å². The van der Waals surface area contributed by atoms with Crippen LogP contribution in [-0.2, 0) is 11.3 Å². The maximum absolute atomic E-state index is 12.6. The molecular weight excluding hydrogens is 408 g/mol. The molecule has 2 aliphatic rings. The van der Waals surface area contributed by atoms with E-state index in [1.807, 2.05) is 25.1 Å². The number of carbonyl (C=O) groups excluding carboxylic acids is 1. The van der Waals surface area contributed by atoms with Gasteiger partial charge in [0.25, 0.3) is 0 Å². The molecule has 29 heavy (non-hydrogen) atoms. The summed E-state index contributed by atoms with van der Waals surface area (Å²) in [5.41, 5.74) is 0.809. The number of hydrogen-bond acceptors (Lipinski definition) is 5. The van der Waals surface area contributed by atoms with Crippen LogP contribution >= 0.6 is 23.8 Å². The van der Waals surface area contributed by atoms with E-state index in [4.69, 9.17) is 28.8 Å². The Kier molecular flexibility index (Phi) is 6.01. The average molecular weight is 433 g/mol. The van der Waals surface area contributed by atoms with E-state index in [0.29, 0.717) is 28.4 Å². The summed E-state index contributed by atoms with van der Waals surface area (Å²) < 4.78 is 0. The van der Waals surface area contributed by atoms with Gasteiger partial charge in [-0.15, -0.1) is 0 Å². The number of hydrogen-bond donors (Lipinski definition) is 4. The lowest BCUT2D eigenvalue weighted by Crippen LogP contribution is -2.58. The van der Waals surface area contributed by atoms with Gasteiger partial charge in [0, 0.05) is 22.5 Å². The first-order valence-electron chi connectivity index (χ1n) is 10.1. The van der Waals surface area contributed by atoms with Gasteiger partial charge < -0.3 is 21.3 Å². The highest BCUT2D eigenvalue weighted by Crippen LogP contribution is 2.28. The largest absolute Gasteiger partial charge is 0.367 e. The van der Waals surface area contributed by atoms with Gasteiger partial charge in [0.1, 0.15) is 11.9 Å². The van der Waals surface area contributed by atoms with Crippen LogP contribution in [0.15, 0.2) is 18.2 Å². The molecule has 9 heteroatoms. The van der Waals surface area contributed by atoms with Crippen molar-refractivity contribution in [1.29, 1.82) is 0 Å². The lowest BCUT2D eigenvalue weighted by atomic mass is 10.1. The van der Waals surface area contributed by atoms with Crippen molar-refractivity contribution in [1.82, 2.24) is 25.9 Å². The monoisotopic (exact) mass is 432 g/mol. The van der Waals surface area contributed by atoms with Crippen LogP contribution in [0.1, 0.15) is 44.9 Å². The third-order valence-electron chi connectivity index (χ3n) is 5.41. The van der Waals surface area contributed by atoms with Crippen LogP contribution < -0.4 is 21.3 Å². The topological polar surface area (TPSA) is 91.0 Å². The Morgan fingerprint density at radius 1 is 1.28 bits per heavy atom. The maximum Gasteiger partial charge on any atom is 0.243 e. The van der Waals surface area contributed by atoms with E-state index in [9.17, 15) is 4.79 Å². The first-order valence-corrected chi connectivity index (χ1v) is 10.8. The molecule has 154 valence electrons. The number of anilines is 1. The number of rotatable bonds is 5. The number of thiocarbonyl (C=S) groups is 1. The highest BCUT2D eigenvalue weighted by atomic mass is 35.5. The molecule has 1 aromatic carbocycles. The quantitative estimate of drug-likeness (QED) is 0.540. The summed E-state index contributed by atoms with van der Waals surface area (Å²) in [5, 5.41) is 14.7. The Bertz CT molecular complexity index is 933. The van der Waals surface area contributed by atoms with Gasteiger partial charge in [-0.25, -0.2) is 9.97 Å². The fraction of sp³-hybridized carbons (Fsp3) is 0.500. The van der Waals surface area contributed by atoms with E-state index < -0.39 is 0 Å². The maximum atomic E-state index is 12.6. The lowest BCUT2D eigenvalue weighted by Gasteiger charge is -2.30. The Morgan fingerprint density at radius 2 is 2.07 bits per heavy atom. The molecule has 2 heterocycles. The van der Waals surface area contributed by atoms with Crippen molar-refractivity contribution in [3.63, 3.8) is 0 Å².